The molecule has 0 spiro atoms. The molecule has 0 radical (unpaired) electrons. The number of aryl methyl sites for hydroxylation is 4. The SMILES string of the molecule is CC(C)(C)c1ccc(C(C)(C)C)c([O-])c1[O-].Cc1cccc(C)c1N=C1C(=Nc2c(C)cccc2C)C2CCC1C2.[Ni+2]. The molecule has 42 heavy (non-hydrogen) atoms. The third kappa shape index (κ3) is 7.00. The Morgan fingerprint density at radius 3 is 1.17 bits per heavy atom. The molecule has 2 unspecified atom stereocenters. The average Bonchev–Trinajstić information content (AvgIpc) is 3.46. The molecular weight excluding hydrogens is 563 g/mol. The standard InChI is InChI=1S/C23H26N2.C14H22O2.Ni/c1-14-7-5-8-15(2)20(14)24-22-18-11-12-19(13-18)23(22)25-21-16(3)9-6-10-17(21)4;1-13(2,3)9-7-8-10(14(4,5)6)12(16)11(9)15;/h5-10,18-19H,11-13H2,1-4H3;7-8,15-16H,1-6H3;/q;;+2/p-2. The summed E-state index contributed by atoms with van der Waals surface area (Å²) in [6.07, 6.45) is 3.76. The Bertz CT molecular complexity index is 1350. The van der Waals surface area contributed by atoms with Crippen LogP contribution in [-0.4, -0.2) is 11.4 Å². The smallest absolute Gasteiger partial charge is 0.873 e. The van der Waals surface area contributed by atoms with Crippen LogP contribution in [0.25, 0.3) is 0 Å². The Balaban J connectivity index is 0.000000249. The fourth-order valence-corrected chi connectivity index (χ4v) is 6.14. The van der Waals surface area contributed by atoms with Crippen molar-refractivity contribution >= 4 is 22.8 Å². The molecule has 0 aliphatic heterocycles. The summed E-state index contributed by atoms with van der Waals surface area (Å²) in [6.45, 7) is 20.3. The largest absolute Gasteiger partial charge is 2.00 e. The van der Waals surface area contributed by atoms with Crippen LogP contribution in [0.15, 0.2) is 58.5 Å². The monoisotopic (exact) mass is 608 g/mol. The maximum Gasteiger partial charge on any atom is 2.00 e. The van der Waals surface area contributed by atoms with Crippen LogP contribution in [-0.2, 0) is 27.3 Å². The maximum atomic E-state index is 12.0. The predicted octanol–water partition coefficient (Wildman–Crippen LogP) is 8.62. The molecule has 3 aromatic rings. The van der Waals surface area contributed by atoms with Crippen LogP contribution in [0.3, 0.4) is 0 Å². The van der Waals surface area contributed by atoms with Crippen LogP contribution in [0, 0.1) is 39.5 Å². The Labute approximate surface area is 263 Å². The molecule has 5 rings (SSSR count). The summed E-state index contributed by atoms with van der Waals surface area (Å²) in [7, 11) is 0. The van der Waals surface area contributed by atoms with Gasteiger partial charge in [-0.2, -0.15) is 0 Å². The van der Waals surface area contributed by atoms with E-state index in [4.69, 9.17) is 9.98 Å². The maximum absolute atomic E-state index is 12.0. The van der Waals surface area contributed by atoms with Crippen LogP contribution in [0.2, 0.25) is 0 Å². The zero-order chi connectivity index (χ0) is 30.3. The van der Waals surface area contributed by atoms with E-state index in [2.05, 4.69) is 64.1 Å². The zero-order valence-electron chi connectivity index (χ0n) is 26.9. The summed E-state index contributed by atoms with van der Waals surface area (Å²) in [6, 6.07) is 16.4. The number of nitrogens with zero attached hydrogens (tertiary/aromatic N) is 2. The van der Waals surface area contributed by atoms with Gasteiger partial charge in [0.05, 0.1) is 22.8 Å². The van der Waals surface area contributed by atoms with E-state index in [-0.39, 0.29) is 38.8 Å². The number of para-hydroxylation sites is 2. The molecule has 5 heteroatoms. The molecule has 0 amide bonds. The van der Waals surface area contributed by atoms with Crippen molar-refractivity contribution in [2.24, 2.45) is 21.8 Å². The van der Waals surface area contributed by atoms with Gasteiger partial charge in [0.2, 0.25) is 0 Å². The van der Waals surface area contributed by atoms with Crippen LogP contribution in [0.5, 0.6) is 11.5 Å². The van der Waals surface area contributed by atoms with Crippen molar-refractivity contribution in [3.05, 3.63) is 81.9 Å². The molecule has 2 aliphatic rings. The average molecular weight is 609 g/mol. The number of hydrogen-bond acceptors (Lipinski definition) is 4. The third-order valence-electron chi connectivity index (χ3n) is 8.54. The number of hydrogen-bond donors (Lipinski definition) is 0. The zero-order valence-corrected chi connectivity index (χ0v) is 27.9. The van der Waals surface area contributed by atoms with Gasteiger partial charge in [0.1, 0.15) is 0 Å². The molecule has 226 valence electrons. The topological polar surface area (TPSA) is 70.8 Å². The van der Waals surface area contributed by atoms with Crippen molar-refractivity contribution in [3.8, 4) is 11.5 Å². The molecule has 3 aromatic carbocycles. The minimum Gasteiger partial charge on any atom is -0.873 e. The van der Waals surface area contributed by atoms with Crippen molar-refractivity contribution in [2.75, 3.05) is 0 Å². The van der Waals surface area contributed by atoms with E-state index in [1.54, 1.807) is 12.1 Å². The summed E-state index contributed by atoms with van der Waals surface area (Å²) in [5.74, 6) is 0.485. The normalized spacial score (nSPS) is 20.0. The summed E-state index contributed by atoms with van der Waals surface area (Å²) in [5.41, 5.74) is 10.4. The van der Waals surface area contributed by atoms with E-state index in [1.165, 1.54) is 52.9 Å². The molecule has 0 aromatic heterocycles. The predicted molar refractivity (Wildman–Crippen MR) is 170 cm³/mol. The minimum absolute atomic E-state index is 0. The van der Waals surface area contributed by atoms with Gasteiger partial charge in [0, 0.05) is 11.8 Å². The van der Waals surface area contributed by atoms with Gasteiger partial charge in [0.15, 0.2) is 0 Å². The Kier molecular flexibility index (Phi) is 10.2. The molecule has 0 N–H and O–H groups in total. The first-order chi connectivity index (χ1) is 19.1. The molecular formula is C37H46N2NiO2. The first kappa shape index (κ1) is 33.6. The van der Waals surface area contributed by atoms with E-state index in [0.29, 0.717) is 23.0 Å². The summed E-state index contributed by atoms with van der Waals surface area (Å²) in [4.78, 5) is 10.3. The molecule has 2 atom stereocenters. The van der Waals surface area contributed by atoms with Gasteiger partial charge < -0.3 is 10.2 Å². The van der Waals surface area contributed by atoms with Crippen molar-refractivity contribution < 1.29 is 26.7 Å². The van der Waals surface area contributed by atoms with Crippen molar-refractivity contribution in [2.45, 2.75) is 99.3 Å². The molecule has 2 aliphatic carbocycles. The summed E-state index contributed by atoms with van der Waals surface area (Å²) < 4.78 is 0. The van der Waals surface area contributed by atoms with Gasteiger partial charge in [-0.3, -0.25) is 9.98 Å². The van der Waals surface area contributed by atoms with Crippen LogP contribution in [0.4, 0.5) is 11.4 Å². The summed E-state index contributed by atoms with van der Waals surface area (Å²) in [5, 5.41) is 23.9. The number of fused-ring (bicyclic) bond motifs is 2. The summed E-state index contributed by atoms with van der Waals surface area (Å²) >= 11 is 0. The van der Waals surface area contributed by atoms with E-state index in [0.717, 1.165) is 11.4 Å². The first-order valence-electron chi connectivity index (χ1n) is 14.9. The molecule has 2 bridgehead atoms. The van der Waals surface area contributed by atoms with E-state index < -0.39 is 0 Å². The quantitative estimate of drug-likeness (QED) is 0.273. The van der Waals surface area contributed by atoms with Gasteiger partial charge in [0.25, 0.3) is 0 Å². The van der Waals surface area contributed by atoms with Gasteiger partial charge >= 0.3 is 16.5 Å². The Morgan fingerprint density at radius 1 is 0.571 bits per heavy atom. The minimum atomic E-state index is -0.347. The molecule has 0 saturated heterocycles. The second-order valence-electron chi connectivity index (χ2n) is 14.0. The molecule has 4 nitrogen and oxygen atoms in total. The van der Waals surface area contributed by atoms with Gasteiger partial charge in [-0.05, 0) is 80.0 Å². The second kappa shape index (κ2) is 12.8. The van der Waals surface area contributed by atoms with Gasteiger partial charge in [-0.1, -0.05) is 101 Å². The van der Waals surface area contributed by atoms with E-state index in [9.17, 15) is 10.2 Å². The number of benzene rings is 3. The fraction of sp³-hybridized carbons (Fsp3) is 0.459. The van der Waals surface area contributed by atoms with Crippen LogP contribution >= 0.6 is 0 Å². The Morgan fingerprint density at radius 2 is 0.881 bits per heavy atom. The molecule has 0 heterocycles. The van der Waals surface area contributed by atoms with Crippen LogP contribution < -0.4 is 10.2 Å². The number of rotatable bonds is 2. The van der Waals surface area contributed by atoms with Crippen molar-refractivity contribution in [3.63, 3.8) is 0 Å². The van der Waals surface area contributed by atoms with E-state index in [1.807, 2.05) is 41.5 Å². The first-order valence-corrected chi connectivity index (χ1v) is 14.9. The second-order valence-corrected chi connectivity index (χ2v) is 14.0. The van der Waals surface area contributed by atoms with Gasteiger partial charge in [-0.25, -0.2) is 0 Å². The third-order valence-corrected chi connectivity index (χ3v) is 8.54. The van der Waals surface area contributed by atoms with Crippen molar-refractivity contribution in [1.82, 2.24) is 0 Å². The van der Waals surface area contributed by atoms with Gasteiger partial charge in [-0.15, -0.1) is 11.5 Å². The van der Waals surface area contributed by atoms with Crippen molar-refractivity contribution in [1.29, 1.82) is 0 Å². The fourth-order valence-electron chi connectivity index (χ4n) is 6.14. The number of aliphatic imine (C=N–C) groups is 2. The van der Waals surface area contributed by atoms with Crippen LogP contribution in [0.1, 0.15) is 94.2 Å². The van der Waals surface area contributed by atoms with E-state index >= 15 is 0 Å². The molecule has 2 saturated carbocycles. The Hall–Kier alpha value is -2.91. The molecule has 2 fully saturated rings.